The second-order valence-electron chi connectivity index (χ2n) is 28.2. The quantitative estimate of drug-likeness (QED) is 0.0293. The van der Waals surface area contributed by atoms with Crippen LogP contribution in [0.5, 0.6) is 0 Å². The molecule has 3 saturated heterocycles. The standard InChI is InChI=1S/C76H116N14O21S2/c1-4-5-18-57(82-65(94)24-23-64(93)79-25-12-35-109-37-39-111-40-38-110-36-13-26-80-66(95)44-86-29-31-87(45-67(96)97)33-34-88(32-30-86)46-68(98)99)71(102)81-43-56(74(105)90-28-11-20-62(90)75(106)89-27-10-19-61(89)69(78)100)49-112-47-54-16-9-17-55(41-54)48-113-50-60(76(107)108)85-73(104)59(42-53-14-7-6-8-15-53)84-72(103)58(21-22-63(77)92)83-70(101)51(2)52(3)91/h6-9,14-17,41,43,51-52,56-62,91H,4-5,10-13,18-40,42,44-50H2,1-3H3,(H2,77,92)(H2,78,100)(H,79,93)(H,80,95)(H,82,94)(H,83,101)(H,84,103)(H,85,104)(H,96,97)(H,98,99)(H,107,108)/b81-43+/t51-,52+,56?,57-,58-,59-,60?,61-,62-/m0/s1. The highest BCUT2D eigenvalue weighted by Crippen LogP contribution is 2.28. The van der Waals surface area contributed by atoms with Gasteiger partial charge in [0.1, 0.15) is 36.3 Å². The number of aliphatic hydroxyl groups excluding tert-OH is 1. The molecule has 0 radical (unpaired) electrons. The summed E-state index contributed by atoms with van der Waals surface area (Å²) < 4.78 is 16.8. The number of nitrogens with zero attached hydrogens (tertiary/aromatic N) is 6. The van der Waals surface area contributed by atoms with Gasteiger partial charge >= 0.3 is 17.9 Å². The number of carbonyl (C=O) groups is 14. The van der Waals surface area contributed by atoms with Gasteiger partial charge in [0.05, 0.1) is 64.0 Å². The van der Waals surface area contributed by atoms with E-state index in [2.05, 4.69) is 36.9 Å². The number of unbranched alkanes of at least 4 members (excludes halogenated alkanes) is 1. The Bertz CT molecular complexity index is 3430. The van der Waals surface area contributed by atoms with Crippen LogP contribution < -0.4 is 43.4 Å². The van der Waals surface area contributed by atoms with Crippen LogP contribution in [0.3, 0.4) is 0 Å². The number of thioether (sulfide) groups is 2. The molecule has 0 aliphatic carbocycles. The Balaban J connectivity index is 1.08. The number of aliphatic carboxylic acids is 3. The summed E-state index contributed by atoms with van der Waals surface area (Å²) >= 11 is 2.57. The molecule has 628 valence electrons. The summed E-state index contributed by atoms with van der Waals surface area (Å²) in [5.41, 5.74) is 13.3. The average molecular weight is 1630 g/mol. The molecular formula is C76H116N14O21S2. The molecule has 2 aromatic rings. The number of carbonyl (C=O) groups excluding carboxylic acids is 11. The molecule has 0 aromatic heterocycles. The van der Waals surface area contributed by atoms with E-state index in [0.717, 1.165) is 11.1 Å². The summed E-state index contributed by atoms with van der Waals surface area (Å²) in [5.74, 6) is -11.1. The van der Waals surface area contributed by atoms with Crippen LogP contribution in [0.15, 0.2) is 59.6 Å². The first-order valence-corrected chi connectivity index (χ1v) is 41.0. The Morgan fingerprint density at radius 1 is 0.549 bits per heavy atom. The van der Waals surface area contributed by atoms with E-state index in [0.29, 0.717) is 160 Å². The number of aliphatic imine (C=N–C) groups is 1. The zero-order chi connectivity index (χ0) is 82.6. The number of hydrogen-bond donors (Lipinski definition) is 12. The van der Waals surface area contributed by atoms with Crippen molar-refractivity contribution in [3.05, 3.63) is 71.3 Å². The predicted molar refractivity (Wildman–Crippen MR) is 420 cm³/mol. The third-order valence-corrected chi connectivity index (χ3v) is 21.4. The minimum absolute atomic E-state index is 0.0737. The van der Waals surface area contributed by atoms with E-state index < -0.39 is 125 Å². The van der Waals surface area contributed by atoms with Crippen LogP contribution in [0.4, 0.5) is 0 Å². The molecule has 37 heteroatoms. The third kappa shape index (κ3) is 37.0. The summed E-state index contributed by atoms with van der Waals surface area (Å²) in [6.07, 6.45) is 3.46. The molecule has 11 amide bonds. The number of primary amides is 2. The molecule has 5 rings (SSSR count). The number of rotatable bonds is 53. The van der Waals surface area contributed by atoms with E-state index in [1.54, 1.807) is 40.1 Å². The second-order valence-corrected chi connectivity index (χ2v) is 30.3. The Kier molecular flexibility index (Phi) is 44.2. The highest BCUT2D eigenvalue weighted by atomic mass is 32.2. The van der Waals surface area contributed by atoms with Gasteiger partial charge in [0, 0.05) is 134 Å². The predicted octanol–water partition coefficient (Wildman–Crippen LogP) is -0.496. The molecule has 2 aromatic carbocycles. The van der Waals surface area contributed by atoms with Crippen molar-refractivity contribution in [2.24, 2.45) is 28.3 Å². The van der Waals surface area contributed by atoms with E-state index >= 15 is 0 Å². The zero-order valence-corrected chi connectivity index (χ0v) is 66.6. The van der Waals surface area contributed by atoms with Gasteiger partial charge in [-0.1, -0.05) is 81.3 Å². The normalized spacial score (nSPS) is 17.6. The van der Waals surface area contributed by atoms with Crippen molar-refractivity contribution in [2.45, 2.75) is 165 Å². The number of likely N-dealkylation sites (tertiary alicyclic amines) is 2. The van der Waals surface area contributed by atoms with Crippen molar-refractivity contribution in [1.29, 1.82) is 0 Å². The lowest BCUT2D eigenvalue weighted by molar-refractivity contribution is -0.146. The molecule has 0 saturated carbocycles. The SMILES string of the molecule is CCCC[C@H](NC(=O)CCC(=O)NCCCOCCOCCOCCCNC(=O)CN1CCN(CC(=O)O)CCN(CC(=O)O)CC1)C(=O)/N=C/C(CSCc1cccc(CSCC(NC(=O)[C@H](Cc2ccccc2)NC(=O)[C@H](CCC(N)=O)NC(=O)[C@@H](C)[C@@H](C)O)C(=O)O)c1)C(=O)N1CCC[C@H]1C(=O)N1CCC[C@H]1C(N)=O. The van der Waals surface area contributed by atoms with Gasteiger partial charge in [-0.05, 0) is 75.0 Å². The Labute approximate surface area is 668 Å². The number of carboxylic acids is 3. The molecule has 3 aliphatic heterocycles. The van der Waals surface area contributed by atoms with Gasteiger partial charge in [0.25, 0.3) is 5.91 Å². The third-order valence-electron chi connectivity index (χ3n) is 19.1. The van der Waals surface area contributed by atoms with E-state index in [1.165, 1.54) is 53.4 Å². The van der Waals surface area contributed by atoms with Crippen LogP contribution in [-0.2, 0) is 99.3 Å². The number of amides is 11. The van der Waals surface area contributed by atoms with Gasteiger partial charge in [-0.25, -0.2) is 9.79 Å². The first-order chi connectivity index (χ1) is 54.1. The molecule has 35 nitrogen and oxygen atoms in total. The fourth-order valence-electron chi connectivity index (χ4n) is 12.6. The topological polar surface area (TPSA) is 500 Å². The van der Waals surface area contributed by atoms with Crippen LogP contribution in [0, 0.1) is 11.8 Å². The van der Waals surface area contributed by atoms with Gasteiger partial charge in [-0.15, -0.1) is 0 Å². The number of aliphatic hydroxyl groups is 1. The zero-order valence-electron chi connectivity index (χ0n) is 65.0. The molecule has 14 N–H and O–H groups in total. The van der Waals surface area contributed by atoms with Crippen LogP contribution in [0.25, 0.3) is 0 Å². The molecule has 2 unspecified atom stereocenters. The van der Waals surface area contributed by atoms with Crippen molar-refractivity contribution in [3.8, 4) is 0 Å². The summed E-state index contributed by atoms with van der Waals surface area (Å²) in [4.78, 5) is 195. The van der Waals surface area contributed by atoms with Crippen LogP contribution in [0.2, 0.25) is 0 Å². The van der Waals surface area contributed by atoms with E-state index in [4.69, 9.17) is 25.7 Å². The summed E-state index contributed by atoms with van der Waals surface area (Å²) in [6, 6.07) is 9.14. The maximum atomic E-state index is 14.8. The molecular weight excluding hydrogens is 1510 g/mol. The molecule has 0 spiro atoms. The molecule has 3 heterocycles. The largest absolute Gasteiger partial charge is 0.480 e. The van der Waals surface area contributed by atoms with E-state index in [9.17, 15) is 87.5 Å². The van der Waals surface area contributed by atoms with Gasteiger partial charge in [-0.2, -0.15) is 23.5 Å². The minimum atomic E-state index is -1.43. The van der Waals surface area contributed by atoms with Crippen molar-refractivity contribution in [1.82, 2.24) is 56.4 Å². The number of ether oxygens (including phenoxy) is 3. The van der Waals surface area contributed by atoms with E-state index in [1.807, 2.05) is 36.1 Å². The fraction of sp³-hybridized carbons (Fsp3) is 0.645. The number of hydrogen-bond acceptors (Lipinski definition) is 23. The number of nitrogens with one attached hydrogen (secondary N) is 6. The van der Waals surface area contributed by atoms with Crippen LogP contribution in [-0.4, -0.2) is 313 Å². The monoisotopic (exact) mass is 1620 g/mol. The first kappa shape index (κ1) is 94.9. The van der Waals surface area contributed by atoms with Crippen molar-refractivity contribution < 1.29 is 102 Å². The second kappa shape index (κ2) is 52.7. The highest BCUT2D eigenvalue weighted by molar-refractivity contribution is 7.98. The van der Waals surface area contributed by atoms with Crippen molar-refractivity contribution in [3.63, 3.8) is 0 Å². The van der Waals surface area contributed by atoms with Gasteiger partial charge < -0.3 is 87.8 Å². The Morgan fingerprint density at radius 2 is 1.06 bits per heavy atom. The summed E-state index contributed by atoms with van der Waals surface area (Å²) in [7, 11) is 0. The van der Waals surface area contributed by atoms with E-state index in [-0.39, 0.29) is 94.6 Å². The molecule has 3 fully saturated rings. The maximum Gasteiger partial charge on any atom is 0.327 e. The van der Waals surface area contributed by atoms with Crippen LogP contribution >= 0.6 is 23.5 Å². The minimum Gasteiger partial charge on any atom is -0.480 e. The lowest BCUT2D eigenvalue weighted by atomic mass is 10.0. The van der Waals surface area contributed by atoms with Gasteiger partial charge in [0.2, 0.25) is 59.1 Å². The maximum absolute atomic E-state index is 14.8. The Hall–Kier alpha value is -8.69. The number of benzene rings is 2. The smallest absolute Gasteiger partial charge is 0.327 e. The van der Waals surface area contributed by atoms with Crippen molar-refractivity contribution >= 4 is 113 Å². The highest BCUT2D eigenvalue weighted by Gasteiger charge is 2.43. The van der Waals surface area contributed by atoms with Crippen LogP contribution in [0.1, 0.15) is 121 Å². The molecule has 9 atom stereocenters. The lowest BCUT2D eigenvalue weighted by Gasteiger charge is -2.31. The van der Waals surface area contributed by atoms with Gasteiger partial charge in [0.15, 0.2) is 0 Å². The molecule has 3 aliphatic rings. The van der Waals surface area contributed by atoms with Gasteiger partial charge in [-0.3, -0.25) is 77.0 Å². The van der Waals surface area contributed by atoms with Crippen molar-refractivity contribution in [2.75, 3.05) is 136 Å². The first-order valence-electron chi connectivity index (χ1n) is 38.6. The number of carboxylic acid groups (broad SMARTS) is 3. The number of nitrogens with two attached hydrogens (primary N) is 2. The molecule has 0 bridgehead atoms. The summed E-state index contributed by atoms with van der Waals surface area (Å²) in [5, 5.41) is 55.0. The average Bonchev–Trinajstić information content (AvgIpc) is 1.67. The Morgan fingerprint density at radius 3 is 1.62 bits per heavy atom. The molecule has 113 heavy (non-hydrogen) atoms. The summed E-state index contributed by atoms with van der Waals surface area (Å²) in [6.45, 7) is 10.2. The lowest BCUT2D eigenvalue weighted by Crippen LogP contribution is -2.57. The fourth-order valence-corrected chi connectivity index (χ4v) is 14.6.